The van der Waals surface area contributed by atoms with Crippen molar-refractivity contribution in [2.75, 3.05) is 24.2 Å². The Hall–Kier alpha value is -2.47. The van der Waals surface area contributed by atoms with Crippen LogP contribution in [0.2, 0.25) is 0 Å². The minimum atomic E-state index is 0.595. The maximum Gasteiger partial charge on any atom is 0.0992 e. The fourth-order valence-electron chi connectivity index (χ4n) is 2.03. The van der Waals surface area contributed by atoms with Gasteiger partial charge in [-0.15, -0.1) is 0 Å². The molecule has 2 rings (SSSR count). The predicted molar refractivity (Wildman–Crippen MR) is 79.0 cm³/mol. The van der Waals surface area contributed by atoms with Crippen molar-refractivity contribution in [3.8, 4) is 6.07 Å². The summed E-state index contributed by atoms with van der Waals surface area (Å²) in [5.74, 6) is 0. The maximum absolute atomic E-state index is 8.82. The zero-order valence-electron chi connectivity index (χ0n) is 11.0. The van der Waals surface area contributed by atoms with E-state index in [1.54, 1.807) is 12.1 Å². The summed E-state index contributed by atoms with van der Waals surface area (Å²) in [5, 5.41) is 8.82. The highest BCUT2D eigenvalue weighted by Gasteiger charge is 2.06. The number of rotatable bonds is 4. The third-order valence-electron chi connectivity index (χ3n) is 3.15. The molecule has 0 fully saturated rings. The molecule has 0 unspecified atom stereocenters. The molecular weight excluding hydrogens is 234 g/mol. The van der Waals surface area contributed by atoms with Crippen molar-refractivity contribution in [3.05, 3.63) is 59.7 Å². The van der Waals surface area contributed by atoms with Crippen LogP contribution in [0.25, 0.3) is 0 Å². The van der Waals surface area contributed by atoms with E-state index >= 15 is 0 Å². The lowest BCUT2D eigenvalue weighted by atomic mass is 10.1. The van der Waals surface area contributed by atoms with Gasteiger partial charge in [0, 0.05) is 13.6 Å². The Bertz CT molecular complexity index is 585. The second-order valence-corrected chi connectivity index (χ2v) is 4.54. The molecule has 2 N–H and O–H groups in total. The van der Waals surface area contributed by atoms with Crippen LogP contribution in [0.3, 0.4) is 0 Å². The van der Waals surface area contributed by atoms with E-state index in [1.165, 1.54) is 5.56 Å². The van der Waals surface area contributed by atoms with Gasteiger partial charge >= 0.3 is 0 Å². The Morgan fingerprint density at radius 1 is 1.16 bits per heavy atom. The Balaban J connectivity index is 2.04. The normalized spacial score (nSPS) is 9.89. The van der Waals surface area contributed by atoms with E-state index in [1.807, 2.05) is 31.3 Å². The fraction of sp³-hybridized carbons (Fsp3) is 0.188. The first-order chi connectivity index (χ1) is 9.20. The van der Waals surface area contributed by atoms with Gasteiger partial charge in [-0.1, -0.05) is 30.3 Å². The van der Waals surface area contributed by atoms with Crippen LogP contribution < -0.4 is 10.6 Å². The van der Waals surface area contributed by atoms with Gasteiger partial charge in [-0.05, 0) is 30.2 Å². The summed E-state index contributed by atoms with van der Waals surface area (Å²) in [6, 6.07) is 17.9. The molecule has 96 valence electrons. The van der Waals surface area contributed by atoms with E-state index in [-0.39, 0.29) is 0 Å². The Labute approximate surface area is 113 Å². The van der Waals surface area contributed by atoms with Crippen molar-refractivity contribution in [3.63, 3.8) is 0 Å². The first-order valence-electron chi connectivity index (χ1n) is 6.25. The standard InChI is InChI=1S/C16H17N3/c1-19(10-9-13-5-3-2-4-6-13)16-8-7-14(12-17)11-15(16)18/h2-8,11H,9-10,18H2,1H3. The van der Waals surface area contributed by atoms with E-state index in [9.17, 15) is 0 Å². The third kappa shape index (κ3) is 3.26. The second-order valence-electron chi connectivity index (χ2n) is 4.54. The number of hydrogen-bond acceptors (Lipinski definition) is 3. The van der Waals surface area contributed by atoms with Crippen LogP contribution >= 0.6 is 0 Å². The van der Waals surface area contributed by atoms with Crippen LogP contribution in [0.15, 0.2) is 48.5 Å². The van der Waals surface area contributed by atoms with Crippen molar-refractivity contribution in [2.24, 2.45) is 0 Å². The molecule has 3 heteroatoms. The van der Waals surface area contributed by atoms with Crippen molar-refractivity contribution in [2.45, 2.75) is 6.42 Å². The summed E-state index contributed by atoms with van der Waals surface area (Å²) < 4.78 is 0. The van der Waals surface area contributed by atoms with Crippen LogP contribution in [0.1, 0.15) is 11.1 Å². The van der Waals surface area contributed by atoms with Crippen molar-refractivity contribution < 1.29 is 0 Å². The number of likely N-dealkylation sites (N-methyl/N-ethyl adjacent to an activating group) is 1. The smallest absolute Gasteiger partial charge is 0.0992 e. The van der Waals surface area contributed by atoms with Crippen LogP contribution in [-0.4, -0.2) is 13.6 Å². The van der Waals surface area contributed by atoms with Gasteiger partial charge in [0.05, 0.1) is 23.0 Å². The predicted octanol–water partition coefficient (Wildman–Crippen LogP) is 2.82. The van der Waals surface area contributed by atoms with E-state index < -0.39 is 0 Å². The average Bonchev–Trinajstić information content (AvgIpc) is 2.45. The number of nitriles is 1. The van der Waals surface area contributed by atoms with Crippen molar-refractivity contribution in [1.82, 2.24) is 0 Å². The SMILES string of the molecule is CN(CCc1ccccc1)c1ccc(C#N)cc1N. The molecule has 19 heavy (non-hydrogen) atoms. The summed E-state index contributed by atoms with van der Waals surface area (Å²) in [6.07, 6.45) is 0.969. The Kier molecular flexibility index (Phi) is 4.04. The first-order valence-corrected chi connectivity index (χ1v) is 6.25. The highest BCUT2D eigenvalue weighted by molar-refractivity contribution is 5.69. The number of hydrogen-bond donors (Lipinski definition) is 1. The zero-order valence-corrected chi connectivity index (χ0v) is 11.0. The molecule has 2 aromatic carbocycles. The molecule has 0 atom stereocenters. The van der Waals surface area contributed by atoms with Gasteiger partial charge in [0.1, 0.15) is 0 Å². The lowest BCUT2D eigenvalue weighted by Crippen LogP contribution is -2.21. The van der Waals surface area contributed by atoms with Crippen LogP contribution in [0, 0.1) is 11.3 Å². The molecule has 0 heterocycles. The lowest BCUT2D eigenvalue weighted by molar-refractivity contribution is 0.878. The third-order valence-corrected chi connectivity index (χ3v) is 3.15. The molecule has 0 aromatic heterocycles. The van der Waals surface area contributed by atoms with Gasteiger partial charge in [0.2, 0.25) is 0 Å². The van der Waals surface area contributed by atoms with E-state index in [0.717, 1.165) is 18.7 Å². The molecule has 0 saturated heterocycles. The van der Waals surface area contributed by atoms with Gasteiger partial charge in [-0.3, -0.25) is 0 Å². The molecule has 0 spiro atoms. The Morgan fingerprint density at radius 3 is 2.53 bits per heavy atom. The number of anilines is 2. The van der Waals surface area contributed by atoms with Gasteiger partial charge in [-0.25, -0.2) is 0 Å². The second kappa shape index (κ2) is 5.92. The van der Waals surface area contributed by atoms with E-state index in [4.69, 9.17) is 11.0 Å². The summed E-state index contributed by atoms with van der Waals surface area (Å²) in [5.41, 5.74) is 9.49. The first kappa shape index (κ1) is 13.0. The molecular formula is C16H17N3. The molecule has 0 saturated carbocycles. The summed E-state index contributed by atoms with van der Waals surface area (Å²) in [4.78, 5) is 2.11. The van der Waals surface area contributed by atoms with Gasteiger partial charge in [0.25, 0.3) is 0 Å². The summed E-state index contributed by atoms with van der Waals surface area (Å²) >= 11 is 0. The molecule has 0 aliphatic heterocycles. The van der Waals surface area contributed by atoms with Gasteiger partial charge in [-0.2, -0.15) is 5.26 Å². The van der Waals surface area contributed by atoms with Crippen LogP contribution in [0.4, 0.5) is 11.4 Å². The van der Waals surface area contributed by atoms with Crippen LogP contribution in [-0.2, 0) is 6.42 Å². The molecule has 2 aromatic rings. The highest BCUT2D eigenvalue weighted by Crippen LogP contribution is 2.23. The average molecular weight is 251 g/mol. The number of nitrogens with zero attached hydrogens (tertiary/aromatic N) is 2. The fourth-order valence-corrected chi connectivity index (χ4v) is 2.03. The highest BCUT2D eigenvalue weighted by atomic mass is 15.1. The van der Waals surface area contributed by atoms with Crippen LogP contribution in [0.5, 0.6) is 0 Å². The Morgan fingerprint density at radius 2 is 1.89 bits per heavy atom. The van der Waals surface area contributed by atoms with E-state index in [0.29, 0.717) is 11.3 Å². The van der Waals surface area contributed by atoms with Crippen molar-refractivity contribution >= 4 is 11.4 Å². The topological polar surface area (TPSA) is 53.0 Å². The largest absolute Gasteiger partial charge is 0.397 e. The molecule has 3 nitrogen and oxygen atoms in total. The molecule has 0 radical (unpaired) electrons. The van der Waals surface area contributed by atoms with Gasteiger partial charge < -0.3 is 10.6 Å². The van der Waals surface area contributed by atoms with E-state index in [2.05, 4.69) is 23.1 Å². The molecule has 0 bridgehead atoms. The van der Waals surface area contributed by atoms with Crippen molar-refractivity contribution in [1.29, 1.82) is 5.26 Å². The zero-order chi connectivity index (χ0) is 13.7. The summed E-state index contributed by atoms with van der Waals surface area (Å²) in [6.45, 7) is 0.889. The van der Waals surface area contributed by atoms with Gasteiger partial charge in [0.15, 0.2) is 0 Å². The minimum absolute atomic E-state index is 0.595. The quantitative estimate of drug-likeness (QED) is 0.850. The number of nitrogen functional groups attached to an aromatic ring is 1. The lowest BCUT2D eigenvalue weighted by Gasteiger charge is -2.21. The number of nitrogens with two attached hydrogens (primary N) is 1. The molecule has 0 amide bonds. The molecule has 0 aliphatic rings. The molecule has 0 aliphatic carbocycles. The summed E-state index contributed by atoms with van der Waals surface area (Å²) in [7, 11) is 2.01. The maximum atomic E-state index is 8.82. The monoisotopic (exact) mass is 251 g/mol. The number of benzene rings is 2. The minimum Gasteiger partial charge on any atom is -0.397 e.